The van der Waals surface area contributed by atoms with Crippen molar-refractivity contribution in [3.05, 3.63) is 28.2 Å². The van der Waals surface area contributed by atoms with Gasteiger partial charge in [-0.1, -0.05) is 37.0 Å². The van der Waals surface area contributed by atoms with Gasteiger partial charge < -0.3 is 5.32 Å². The van der Waals surface area contributed by atoms with Crippen molar-refractivity contribution in [3.8, 4) is 0 Å². The summed E-state index contributed by atoms with van der Waals surface area (Å²) in [6.45, 7) is 5.49. The molecule has 0 aromatic heterocycles. The molecule has 1 aliphatic rings. The molecule has 0 spiro atoms. The van der Waals surface area contributed by atoms with E-state index in [0.29, 0.717) is 28.6 Å². The normalized spacial score (nSPS) is 21.4. The summed E-state index contributed by atoms with van der Waals surface area (Å²) in [6.07, 6.45) is 1.08. The van der Waals surface area contributed by atoms with E-state index in [1.807, 2.05) is 13.8 Å². The first-order valence-electron chi connectivity index (χ1n) is 6.97. The molecule has 0 saturated carbocycles. The number of nitrogens with one attached hydrogen (secondary N) is 1. The molecule has 1 saturated heterocycles. The average Bonchev–Trinajstić information content (AvgIpc) is 2.47. The van der Waals surface area contributed by atoms with Crippen LogP contribution in [0.15, 0.2) is 18.2 Å². The third-order valence-corrected chi connectivity index (χ3v) is 4.88. The van der Waals surface area contributed by atoms with Crippen LogP contribution in [0.2, 0.25) is 10.0 Å². The molecule has 1 unspecified atom stereocenters. The van der Waals surface area contributed by atoms with E-state index in [1.54, 1.807) is 25.1 Å². The van der Waals surface area contributed by atoms with Crippen LogP contribution in [0.3, 0.4) is 0 Å². The van der Waals surface area contributed by atoms with E-state index in [2.05, 4.69) is 5.32 Å². The largest absolute Gasteiger partial charge is 0.340 e. The number of nitrogens with zero attached hydrogens (tertiary/aromatic N) is 1. The van der Waals surface area contributed by atoms with Crippen molar-refractivity contribution in [1.29, 1.82) is 0 Å². The Labute approximate surface area is 134 Å². The highest BCUT2D eigenvalue weighted by Gasteiger charge is 2.47. The molecular weight excluding hydrogens is 311 g/mol. The molecule has 0 radical (unpaired) electrons. The zero-order chi connectivity index (χ0) is 15.8. The summed E-state index contributed by atoms with van der Waals surface area (Å²) in [4.78, 5) is 26.6. The van der Waals surface area contributed by atoms with Crippen LogP contribution < -0.4 is 10.2 Å². The number of piperazine rings is 1. The van der Waals surface area contributed by atoms with Crippen LogP contribution in [0.4, 0.5) is 5.69 Å². The molecular formula is C15H18Cl2N2O2. The quantitative estimate of drug-likeness (QED) is 0.924. The Morgan fingerprint density at radius 2 is 1.81 bits per heavy atom. The van der Waals surface area contributed by atoms with Crippen LogP contribution in [0.5, 0.6) is 0 Å². The summed E-state index contributed by atoms with van der Waals surface area (Å²) in [5.41, 5.74) is -0.265. The Kier molecular flexibility index (Phi) is 4.49. The topological polar surface area (TPSA) is 49.4 Å². The van der Waals surface area contributed by atoms with E-state index in [4.69, 9.17) is 23.2 Å². The summed E-state index contributed by atoms with van der Waals surface area (Å²) in [5.74, 6) is -0.276. The minimum absolute atomic E-state index is 0.113. The highest BCUT2D eigenvalue weighted by molar-refractivity contribution is 6.42. The summed E-state index contributed by atoms with van der Waals surface area (Å²) < 4.78 is 0. The standard InChI is InChI=1S/C15H18Cl2N2O2/c1-4-15(5-2)14(21)19(9(3)13(20)18-15)10-6-7-11(16)12(17)8-10/h6-9H,4-5H2,1-3H3,(H,18,20). The van der Waals surface area contributed by atoms with Gasteiger partial charge in [0.1, 0.15) is 11.6 Å². The molecule has 0 bridgehead atoms. The van der Waals surface area contributed by atoms with Gasteiger partial charge in [0.25, 0.3) is 5.91 Å². The second-order valence-corrected chi connectivity index (χ2v) is 6.04. The lowest BCUT2D eigenvalue weighted by molar-refractivity contribution is -0.138. The van der Waals surface area contributed by atoms with Gasteiger partial charge in [-0.3, -0.25) is 14.5 Å². The van der Waals surface area contributed by atoms with Crippen LogP contribution in [0.1, 0.15) is 33.6 Å². The first kappa shape index (κ1) is 16.1. The molecule has 1 fully saturated rings. The lowest BCUT2D eigenvalue weighted by Gasteiger charge is -2.44. The van der Waals surface area contributed by atoms with Gasteiger partial charge in [0.15, 0.2) is 0 Å². The molecule has 2 rings (SSSR count). The molecule has 1 atom stereocenters. The highest BCUT2D eigenvalue weighted by atomic mass is 35.5. The van der Waals surface area contributed by atoms with E-state index in [9.17, 15) is 9.59 Å². The van der Waals surface area contributed by atoms with E-state index < -0.39 is 11.6 Å². The summed E-state index contributed by atoms with van der Waals surface area (Å²) in [7, 11) is 0. The van der Waals surface area contributed by atoms with Crippen LogP contribution in [0.25, 0.3) is 0 Å². The molecule has 1 heterocycles. The molecule has 0 aliphatic carbocycles. The third-order valence-electron chi connectivity index (χ3n) is 4.15. The summed E-state index contributed by atoms with van der Waals surface area (Å²) in [5, 5.41) is 3.64. The highest BCUT2D eigenvalue weighted by Crippen LogP contribution is 2.33. The Balaban J connectivity index is 2.50. The lowest BCUT2D eigenvalue weighted by atomic mass is 9.87. The molecule has 21 heavy (non-hydrogen) atoms. The Hall–Kier alpha value is -1.26. The number of hydrogen-bond donors (Lipinski definition) is 1. The fourth-order valence-electron chi connectivity index (χ4n) is 2.62. The van der Waals surface area contributed by atoms with Gasteiger partial charge in [0, 0.05) is 5.69 Å². The van der Waals surface area contributed by atoms with Crippen molar-refractivity contribution < 1.29 is 9.59 Å². The molecule has 1 aromatic rings. The van der Waals surface area contributed by atoms with Crippen molar-refractivity contribution in [1.82, 2.24) is 5.32 Å². The first-order valence-corrected chi connectivity index (χ1v) is 7.72. The molecule has 1 aromatic carbocycles. The summed E-state index contributed by atoms with van der Waals surface area (Å²) >= 11 is 12.0. The number of carbonyl (C=O) groups excluding carboxylic acids is 2. The van der Waals surface area contributed by atoms with Crippen LogP contribution in [-0.4, -0.2) is 23.4 Å². The van der Waals surface area contributed by atoms with E-state index in [0.717, 1.165) is 0 Å². The minimum Gasteiger partial charge on any atom is -0.340 e. The zero-order valence-electron chi connectivity index (χ0n) is 12.2. The second-order valence-electron chi connectivity index (χ2n) is 5.23. The van der Waals surface area contributed by atoms with Gasteiger partial charge in [-0.15, -0.1) is 0 Å². The van der Waals surface area contributed by atoms with Gasteiger partial charge in [-0.2, -0.15) is 0 Å². The van der Waals surface area contributed by atoms with Crippen molar-refractivity contribution in [3.63, 3.8) is 0 Å². The maximum Gasteiger partial charge on any atom is 0.253 e. The van der Waals surface area contributed by atoms with Crippen LogP contribution >= 0.6 is 23.2 Å². The fraction of sp³-hybridized carbons (Fsp3) is 0.467. The fourth-order valence-corrected chi connectivity index (χ4v) is 2.91. The number of benzene rings is 1. The van der Waals surface area contributed by atoms with Gasteiger partial charge in [0.2, 0.25) is 5.91 Å². The van der Waals surface area contributed by atoms with Crippen LogP contribution in [0, 0.1) is 0 Å². The number of hydrogen-bond acceptors (Lipinski definition) is 2. The Bertz CT molecular complexity index is 585. The predicted molar refractivity (Wildman–Crippen MR) is 84.9 cm³/mol. The summed E-state index contributed by atoms with van der Waals surface area (Å²) in [6, 6.07) is 4.37. The maximum atomic E-state index is 12.9. The molecule has 6 heteroatoms. The van der Waals surface area contributed by atoms with Crippen molar-refractivity contribution in [2.75, 3.05) is 4.90 Å². The Morgan fingerprint density at radius 1 is 1.19 bits per heavy atom. The minimum atomic E-state index is -0.851. The maximum absolute atomic E-state index is 12.9. The molecule has 114 valence electrons. The van der Waals surface area contributed by atoms with E-state index in [-0.39, 0.29) is 11.8 Å². The van der Waals surface area contributed by atoms with E-state index in [1.165, 1.54) is 4.90 Å². The molecule has 1 aliphatic heterocycles. The Morgan fingerprint density at radius 3 is 2.33 bits per heavy atom. The number of carbonyl (C=O) groups is 2. The number of halogens is 2. The van der Waals surface area contributed by atoms with Crippen molar-refractivity contribution >= 4 is 40.7 Å². The van der Waals surface area contributed by atoms with Gasteiger partial charge in [0.05, 0.1) is 10.0 Å². The smallest absolute Gasteiger partial charge is 0.253 e. The van der Waals surface area contributed by atoms with Crippen molar-refractivity contribution in [2.45, 2.75) is 45.2 Å². The lowest BCUT2D eigenvalue weighted by Crippen LogP contribution is -2.69. The SMILES string of the molecule is CCC1(CC)NC(=O)C(C)N(c2ccc(Cl)c(Cl)c2)C1=O. The molecule has 2 amide bonds. The monoisotopic (exact) mass is 328 g/mol. The molecule has 1 N–H and O–H groups in total. The number of rotatable bonds is 3. The van der Waals surface area contributed by atoms with Gasteiger partial charge in [-0.05, 0) is 38.0 Å². The van der Waals surface area contributed by atoms with E-state index >= 15 is 0 Å². The van der Waals surface area contributed by atoms with Crippen molar-refractivity contribution in [2.24, 2.45) is 0 Å². The van der Waals surface area contributed by atoms with Gasteiger partial charge >= 0.3 is 0 Å². The second kappa shape index (κ2) is 5.85. The average molecular weight is 329 g/mol. The number of anilines is 1. The van der Waals surface area contributed by atoms with Gasteiger partial charge in [-0.25, -0.2) is 0 Å². The first-order chi connectivity index (χ1) is 9.86. The van der Waals surface area contributed by atoms with Crippen LogP contribution in [-0.2, 0) is 9.59 Å². The number of amides is 2. The molecule has 4 nitrogen and oxygen atoms in total. The zero-order valence-corrected chi connectivity index (χ0v) is 13.8. The predicted octanol–water partition coefficient (Wildman–Crippen LogP) is 3.40. The third kappa shape index (κ3) is 2.62.